The van der Waals surface area contributed by atoms with Crippen LogP contribution in [0.1, 0.15) is 84.0 Å². The van der Waals surface area contributed by atoms with Crippen molar-refractivity contribution in [3.63, 3.8) is 0 Å². The quantitative estimate of drug-likeness (QED) is 0.156. The van der Waals surface area contributed by atoms with Gasteiger partial charge in [0.1, 0.15) is 0 Å². The van der Waals surface area contributed by atoms with Crippen molar-refractivity contribution in [1.29, 1.82) is 0 Å². The van der Waals surface area contributed by atoms with Crippen LogP contribution in [-0.4, -0.2) is 11.1 Å². The molecule has 0 rings (SSSR count). The second-order valence-electron chi connectivity index (χ2n) is 5.98. The second-order valence-corrected chi connectivity index (χ2v) is 5.98. The number of allylic oxidation sites excluding steroid dienone is 4. The highest BCUT2D eigenvalue weighted by atomic mass is 16.4. The lowest BCUT2D eigenvalue weighted by Crippen LogP contribution is -1.91. The van der Waals surface area contributed by atoms with Crippen LogP contribution in [0, 0.1) is 0 Å². The van der Waals surface area contributed by atoms with Gasteiger partial charge in [0.25, 0.3) is 0 Å². The van der Waals surface area contributed by atoms with Gasteiger partial charge in [-0.2, -0.15) is 0 Å². The Morgan fingerprint density at radius 1 is 0.833 bits per heavy atom. The van der Waals surface area contributed by atoms with Crippen molar-refractivity contribution in [3.8, 4) is 0 Å². The van der Waals surface area contributed by atoms with Gasteiger partial charge in [-0.05, 0) is 50.0 Å². The Morgan fingerprint density at radius 3 is 2.12 bits per heavy atom. The van der Waals surface area contributed by atoms with Gasteiger partial charge in [-0.3, -0.25) is 4.79 Å². The normalized spacial score (nSPS) is 10.0. The molecule has 0 aromatic heterocycles. The third-order valence-corrected chi connectivity index (χ3v) is 3.66. The fourth-order valence-corrected chi connectivity index (χ4v) is 2.25. The SMILES string of the molecule is CCCCCCCCCCC=C=CC=C=CC/C=C/CCC(=O)O. The van der Waals surface area contributed by atoms with Crippen LogP contribution in [0.15, 0.2) is 47.9 Å². The van der Waals surface area contributed by atoms with Crippen molar-refractivity contribution in [1.82, 2.24) is 0 Å². The van der Waals surface area contributed by atoms with Gasteiger partial charge >= 0.3 is 5.97 Å². The molecule has 134 valence electrons. The molecule has 2 nitrogen and oxygen atoms in total. The number of carboxylic acid groups (broad SMARTS) is 1. The molecule has 0 aliphatic rings. The van der Waals surface area contributed by atoms with Gasteiger partial charge in [-0.25, -0.2) is 0 Å². The van der Waals surface area contributed by atoms with Gasteiger partial charge in [0, 0.05) is 6.42 Å². The Bertz CT molecular complexity index is 445. The largest absolute Gasteiger partial charge is 0.481 e. The molecule has 0 unspecified atom stereocenters. The number of aliphatic carboxylic acids is 1. The number of carboxylic acids is 1. The van der Waals surface area contributed by atoms with E-state index in [-0.39, 0.29) is 6.42 Å². The summed E-state index contributed by atoms with van der Waals surface area (Å²) in [5.41, 5.74) is 6.22. The van der Waals surface area contributed by atoms with Crippen molar-refractivity contribution in [2.75, 3.05) is 0 Å². The van der Waals surface area contributed by atoms with Crippen LogP contribution in [0.25, 0.3) is 0 Å². The van der Waals surface area contributed by atoms with E-state index >= 15 is 0 Å². The van der Waals surface area contributed by atoms with E-state index in [9.17, 15) is 4.79 Å². The highest BCUT2D eigenvalue weighted by Gasteiger charge is 1.91. The van der Waals surface area contributed by atoms with E-state index in [0.29, 0.717) is 6.42 Å². The lowest BCUT2D eigenvalue weighted by Gasteiger charge is -1.99. The maximum Gasteiger partial charge on any atom is 0.303 e. The van der Waals surface area contributed by atoms with Gasteiger partial charge in [0.15, 0.2) is 0 Å². The Hall–Kier alpha value is -1.75. The summed E-state index contributed by atoms with van der Waals surface area (Å²) in [5.74, 6) is -0.751. The molecule has 0 aromatic carbocycles. The highest BCUT2D eigenvalue weighted by Crippen LogP contribution is 2.09. The first-order valence-electron chi connectivity index (χ1n) is 9.44. The molecule has 0 saturated carbocycles. The fourth-order valence-electron chi connectivity index (χ4n) is 2.25. The first kappa shape index (κ1) is 22.2. The summed E-state index contributed by atoms with van der Waals surface area (Å²) >= 11 is 0. The molecule has 24 heavy (non-hydrogen) atoms. The lowest BCUT2D eigenvalue weighted by molar-refractivity contribution is -0.136. The third-order valence-electron chi connectivity index (χ3n) is 3.66. The van der Waals surface area contributed by atoms with E-state index in [4.69, 9.17) is 5.11 Å². The predicted molar refractivity (Wildman–Crippen MR) is 103 cm³/mol. The van der Waals surface area contributed by atoms with Gasteiger partial charge in [-0.1, -0.05) is 64.0 Å². The zero-order valence-electron chi connectivity index (χ0n) is 15.3. The van der Waals surface area contributed by atoms with E-state index < -0.39 is 5.97 Å². The van der Waals surface area contributed by atoms with E-state index in [0.717, 1.165) is 12.8 Å². The summed E-state index contributed by atoms with van der Waals surface area (Å²) in [4.78, 5) is 10.3. The second kappa shape index (κ2) is 19.3. The van der Waals surface area contributed by atoms with Gasteiger partial charge in [0.2, 0.25) is 0 Å². The Labute approximate surface area is 148 Å². The molecule has 0 saturated heterocycles. The molecule has 0 radical (unpaired) electrons. The van der Waals surface area contributed by atoms with Crippen LogP contribution >= 0.6 is 0 Å². The monoisotopic (exact) mass is 330 g/mol. The van der Waals surface area contributed by atoms with Crippen LogP contribution in [-0.2, 0) is 4.79 Å². The minimum absolute atomic E-state index is 0.197. The molecule has 2 heteroatoms. The molecule has 0 spiro atoms. The molecular weight excluding hydrogens is 296 g/mol. The number of hydrogen-bond acceptors (Lipinski definition) is 1. The van der Waals surface area contributed by atoms with E-state index in [1.54, 1.807) is 0 Å². The van der Waals surface area contributed by atoms with E-state index in [2.05, 4.69) is 24.5 Å². The molecule has 0 aromatic rings. The molecule has 0 aliphatic heterocycles. The number of rotatable bonds is 15. The highest BCUT2D eigenvalue weighted by molar-refractivity contribution is 5.66. The van der Waals surface area contributed by atoms with Crippen LogP contribution in [0.5, 0.6) is 0 Å². The maximum absolute atomic E-state index is 10.3. The molecule has 0 amide bonds. The van der Waals surface area contributed by atoms with E-state index in [1.165, 1.54) is 51.4 Å². The average Bonchev–Trinajstić information content (AvgIpc) is 2.56. The summed E-state index contributed by atoms with van der Waals surface area (Å²) in [6.07, 6.45) is 25.1. The molecule has 0 aliphatic carbocycles. The van der Waals surface area contributed by atoms with Crippen molar-refractivity contribution >= 4 is 5.97 Å². The van der Waals surface area contributed by atoms with Gasteiger partial charge < -0.3 is 5.11 Å². The molecule has 0 fully saturated rings. The van der Waals surface area contributed by atoms with Crippen LogP contribution in [0.2, 0.25) is 0 Å². The van der Waals surface area contributed by atoms with Crippen LogP contribution < -0.4 is 0 Å². The molecule has 0 bridgehead atoms. The number of unbranched alkanes of at least 4 members (excludes halogenated alkanes) is 8. The smallest absolute Gasteiger partial charge is 0.303 e. The third kappa shape index (κ3) is 20.2. The average molecular weight is 331 g/mol. The predicted octanol–water partition coefficient (Wildman–Crippen LogP) is 6.75. The molecule has 1 N–H and O–H groups in total. The Kier molecular flexibility index (Phi) is 17.9. The minimum atomic E-state index is -0.751. The van der Waals surface area contributed by atoms with Crippen molar-refractivity contribution in [2.24, 2.45) is 0 Å². The Morgan fingerprint density at radius 2 is 1.46 bits per heavy atom. The lowest BCUT2D eigenvalue weighted by atomic mass is 10.1. The summed E-state index contributed by atoms with van der Waals surface area (Å²) in [6, 6.07) is 0. The molecule has 0 heterocycles. The maximum atomic E-state index is 10.3. The number of carbonyl (C=O) groups is 1. The Balaban J connectivity index is 3.52. The topological polar surface area (TPSA) is 37.3 Å². The van der Waals surface area contributed by atoms with Crippen molar-refractivity contribution in [3.05, 3.63) is 47.9 Å². The zero-order chi connectivity index (χ0) is 17.7. The van der Waals surface area contributed by atoms with Crippen molar-refractivity contribution in [2.45, 2.75) is 84.0 Å². The number of hydrogen-bond donors (Lipinski definition) is 1. The van der Waals surface area contributed by atoms with Crippen molar-refractivity contribution < 1.29 is 9.90 Å². The summed E-state index contributed by atoms with van der Waals surface area (Å²) < 4.78 is 0. The van der Waals surface area contributed by atoms with Crippen LogP contribution in [0.4, 0.5) is 0 Å². The standard InChI is InChI=1S/C22H34O2/c1-2-3-4-5-6-7-8-9-10-11-12-13-14-15-16-17-18-19-20-21-22(23)24/h11,13-14,16,18-19H,2-10,17,20-21H2,1H3,(H,23,24)/b19-18+. The fraction of sp³-hybridized carbons (Fsp3) is 0.591. The minimum Gasteiger partial charge on any atom is -0.481 e. The van der Waals surface area contributed by atoms with E-state index in [1.807, 2.05) is 30.4 Å². The summed E-state index contributed by atoms with van der Waals surface area (Å²) in [7, 11) is 0. The first-order chi connectivity index (χ1) is 11.8. The van der Waals surface area contributed by atoms with Crippen LogP contribution in [0.3, 0.4) is 0 Å². The summed E-state index contributed by atoms with van der Waals surface area (Å²) in [5, 5.41) is 8.48. The van der Waals surface area contributed by atoms with Gasteiger partial charge in [-0.15, -0.1) is 11.5 Å². The molecular formula is C22H34O2. The summed E-state index contributed by atoms with van der Waals surface area (Å²) in [6.45, 7) is 2.26. The van der Waals surface area contributed by atoms with Gasteiger partial charge in [0.05, 0.1) is 0 Å². The molecule has 0 atom stereocenters. The zero-order valence-corrected chi connectivity index (χ0v) is 15.3. The first-order valence-corrected chi connectivity index (χ1v) is 9.44.